The van der Waals surface area contributed by atoms with Gasteiger partial charge >= 0.3 is 6.09 Å². The Kier molecular flexibility index (Phi) is 5.99. The number of pyridine rings is 1. The first kappa shape index (κ1) is 17.7. The summed E-state index contributed by atoms with van der Waals surface area (Å²) in [5.41, 5.74) is 1.85. The first-order chi connectivity index (χ1) is 10.8. The second-order valence-corrected chi connectivity index (χ2v) is 7.34. The molecule has 1 aliphatic rings. The molecule has 128 valence electrons. The van der Waals surface area contributed by atoms with Crippen molar-refractivity contribution in [3.05, 3.63) is 29.6 Å². The molecule has 5 nitrogen and oxygen atoms in total. The lowest BCUT2D eigenvalue weighted by Gasteiger charge is -2.31. The fourth-order valence-corrected chi connectivity index (χ4v) is 2.94. The van der Waals surface area contributed by atoms with E-state index in [0.29, 0.717) is 6.04 Å². The highest BCUT2D eigenvalue weighted by Gasteiger charge is 2.25. The van der Waals surface area contributed by atoms with E-state index < -0.39 is 5.60 Å². The van der Waals surface area contributed by atoms with Crippen LogP contribution in [0.5, 0.6) is 0 Å². The first-order valence-electron chi connectivity index (χ1n) is 8.47. The quantitative estimate of drug-likeness (QED) is 0.893. The van der Waals surface area contributed by atoms with Crippen molar-refractivity contribution in [1.82, 2.24) is 15.6 Å². The van der Waals surface area contributed by atoms with Crippen LogP contribution < -0.4 is 10.6 Å². The Morgan fingerprint density at radius 3 is 2.78 bits per heavy atom. The standard InChI is InChI=1S/C18H29N3O2/c1-13-14(7-6-10-19-13)12-20-15-8-5-9-16(11-15)21-17(22)23-18(2,3)4/h6-7,10,15-16,20H,5,8-9,11-12H2,1-4H3,(H,21,22)/t15-,16+/m1/s1. The highest BCUT2D eigenvalue weighted by molar-refractivity contribution is 5.68. The highest BCUT2D eigenvalue weighted by Crippen LogP contribution is 2.20. The largest absolute Gasteiger partial charge is 0.444 e. The molecular weight excluding hydrogens is 290 g/mol. The summed E-state index contributed by atoms with van der Waals surface area (Å²) < 4.78 is 5.34. The Morgan fingerprint density at radius 2 is 2.09 bits per heavy atom. The summed E-state index contributed by atoms with van der Waals surface area (Å²) in [5, 5.41) is 6.60. The maximum atomic E-state index is 11.9. The third kappa shape index (κ3) is 6.18. The van der Waals surface area contributed by atoms with E-state index in [1.807, 2.05) is 40.0 Å². The molecule has 1 aromatic rings. The summed E-state index contributed by atoms with van der Waals surface area (Å²) in [6.07, 6.45) is 5.73. The molecular formula is C18H29N3O2. The number of aromatic nitrogens is 1. The second-order valence-electron chi connectivity index (χ2n) is 7.34. The van der Waals surface area contributed by atoms with Gasteiger partial charge in [-0.2, -0.15) is 0 Å². The van der Waals surface area contributed by atoms with E-state index in [4.69, 9.17) is 4.74 Å². The Morgan fingerprint density at radius 1 is 1.35 bits per heavy atom. The molecule has 0 saturated heterocycles. The summed E-state index contributed by atoms with van der Waals surface area (Å²) in [6, 6.07) is 4.68. The predicted molar refractivity (Wildman–Crippen MR) is 91.2 cm³/mol. The van der Waals surface area contributed by atoms with Crippen LogP contribution in [0.2, 0.25) is 0 Å². The zero-order chi connectivity index (χ0) is 16.9. The molecule has 0 radical (unpaired) electrons. The monoisotopic (exact) mass is 319 g/mol. The SMILES string of the molecule is Cc1ncccc1CN[C@@H]1CCC[C@H](NC(=O)OC(C)(C)C)C1. The Bertz CT molecular complexity index is 525. The van der Waals surface area contributed by atoms with Crippen molar-refractivity contribution in [2.75, 3.05) is 0 Å². The summed E-state index contributed by atoms with van der Waals surface area (Å²) in [5.74, 6) is 0. The number of hydrogen-bond acceptors (Lipinski definition) is 4. The molecule has 1 saturated carbocycles. The minimum atomic E-state index is -0.450. The molecule has 2 rings (SSSR count). The van der Waals surface area contributed by atoms with Gasteiger partial charge in [0.2, 0.25) is 0 Å². The summed E-state index contributed by atoms with van der Waals surface area (Å²) in [7, 11) is 0. The Labute approximate surface area is 139 Å². The van der Waals surface area contributed by atoms with E-state index in [1.54, 1.807) is 0 Å². The van der Waals surface area contributed by atoms with E-state index in [-0.39, 0.29) is 12.1 Å². The van der Waals surface area contributed by atoms with Gasteiger partial charge in [0.15, 0.2) is 0 Å². The molecule has 0 aliphatic heterocycles. The molecule has 0 aromatic carbocycles. The van der Waals surface area contributed by atoms with E-state index in [1.165, 1.54) is 5.56 Å². The Balaban J connectivity index is 1.79. The molecule has 0 bridgehead atoms. The number of rotatable bonds is 4. The summed E-state index contributed by atoms with van der Waals surface area (Å²) in [6.45, 7) is 8.50. The van der Waals surface area contributed by atoms with Crippen molar-refractivity contribution in [1.29, 1.82) is 0 Å². The van der Waals surface area contributed by atoms with Crippen LogP contribution in [0.15, 0.2) is 18.3 Å². The molecule has 1 fully saturated rings. The maximum Gasteiger partial charge on any atom is 0.407 e. The van der Waals surface area contributed by atoms with Gasteiger partial charge in [-0.15, -0.1) is 0 Å². The normalized spacial score (nSPS) is 21.7. The van der Waals surface area contributed by atoms with Gasteiger partial charge in [0.05, 0.1) is 0 Å². The van der Waals surface area contributed by atoms with Crippen molar-refractivity contribution in [2.45, 2.75) is 77.6 Å². The highest BCUT2D eigenvalue weighted by atomic mass is 16.6. The molecule has 0 spiro atoms. The van der Waals surface area contributed by atoms with Crippen LogP contribution in [0.25, 0.3) is 0 Å². The van der Waals surface area contributed by atoms with Gasteiger partial charge < -0.3 is 15.4 Å². The van der Waals surface area contributed by atoms with Gasteiger partial charge in [-0.05, 0) is 65.0 Å². The second kappa shape index (κ2) is 7.77. The average Bonchev–Trinajstić information content (AvgIpc) is 2.45. The number of ether oxygens (including phenoxy) is 1. The van der Waals surface area contributed by atoms with Crippen molar-refractivity contribution in [2.24, 2.45) is 0 Å². The summed E-state index contributed by atoms with van der Waals surface area (Å²) >= 11 is 0. The lowest BCUT2D eigenvalue weighted by atomic mass is 9.91. The van der Waals surface area contributed by atoms with Gasteiger partial charge in [-0.3, -0.25) is 4.98 Å². The number of nitrogens with one attached hydrogen (secondary N) is 2. The molecule has 1 heterocycles. The fraction of sp³-hybridized carbons (Fsp3) is 0.667. The molecule has 23 heavy (non-hydrogen) atoms. The fourth-order valence-electron chi connectivity index (χ4n) is 2.94. The van der Waals surface area contributed by atoms with Gasteiger partial charge in [-0.25, -0.2) is 4.79 Å². The van der Waals surface area contributed by atoms with Crippen LogP contribution in [0.4, 0.5) is 4.79 Å². The van der Waals surface area contributed by atoms with Crippen LogP contribution >= 0.6 is 0 Å². The lowest BCUT2D eigenvalue weighted by molar-refractivity contribution is 0.0488. The van der Waals surface area contributed by atoms with Crippen molar-refractivity contribution < 1.29 is 9.53 Å². The van der Waals surface area contributed by atoms with Crippen LogP contribution in [0.1, 0.15) is 57.7 Å². The third-order valence-electron chi connectivity index (χ3n) is 4.09. The number of nitrogens with zero attached hydrogens (tertiary/aromatic N) is 1. The molecule has 2 N–H and O–H groups in total. The molecule has 1 aliphatic carbocycles. The van der Waals surface area contributed by atoms with E-state index in [2.05, 4.69) is 21.7 Å². The van der Waals surface area contributed by atoms with E-state index >= 15 is 0 Å². The average molecular weight is 319 g/mol. The number of hydrogen-bond donors (Lipinski definition) is 2. The van der Waals surface area contributed by atoms with Crippen LogP contribution in [-0.2, 0) is 11.3 Å². The third-order valence-corrected chi connectivity index (χ3v) is 4.09. The summed E-state index contributed by atoms with van der Waals surface area (Å²) in [4.78, 5) is 16.2. The zero-order valence-electron chi connectivity index (χ0n) is 14.7. The minimum absolute atomic E-state index is 0.186. The van der Waals surface area contributed by atoms with Gasteiger partial charge in [0, 0.05) is 30.5 Å². The first-order valence-corrected chi connectivity index (χ1v) is 8.47. The smallest absolute Gasteiger partial charge is 0.407 e. The number of aryl methyl sites for hydroxylation is 1. The van der Waals surface area contributed by atoms with Crippen molar-refractivity contribution in [3.63, 3.8) is 0 Å². The van der Waals surface area contributed by atoms with Gasteiger partial charge in [0.1, 0.15) is 5.60 Å². The van der Waals surface area contributed by atoms with Crippen LogP contribution in [-0.4, -0.2) is 28.8 Å². The molecule has 2 atom stereocenters. The number of amides is 1. The van der Waals surface area contributed by atoms with Crippen molar-refractivity contribution in [3.8, 4) is 0 Å². The lowest BCUT2D eigenvalue weighted by Crippen LogP contribution is -2.45. The van der Waals surface area contributed by atoms with Crippen LogP contribution in [0.3, 0.4) is 0 Å². The molecule has 1 aromatic heterocycles. The van der Waals surface area contributed by atoms with Gasteiger partial charge in [0.25, 0.3) is 0 Å². The minimum Gasteiger partial charge on any atom is -0.444 e. The maximum absolute atomic E-state index is 11.9. The zero-order valence-corrected chi connectivity index (χ0v) is 14.7. The van der Waals surface area contributed by atoms with E-state index in [9.17, 15) is 4.79 Å². The predicted octanol–water partition coefficient (Wildman–Crippen LogP) is 3.32. The number of carbonyl (C=O) groups is 1. The number of alkyl carbamates (subject to hydrolysis) is 1. The molecule has 5 heteroatoms. The molecule has 0 unspecified atom stereocenters. The molecule has 1 amide bonds. The Hall–Kier alpha value is -1.62. The van der Waals surface area contributed by atoms with Gasteiger partial charge in [-0.1, -0.05) is 6.07 Å². The number of carbonyl (C=O) groups excluding carboxylic acids is 1. The van der Waals surface area contributed by atoms with Crippen LogP contribution in [0, 0.1) is 6.92 Å². The van der Waals surface area contributed by atoms with Crippen molar-refractivity contribution >= 4 is 6.09 Å². The topological polar surface area (TPSA) is 63.2 Å². The van der Waals surface area contributed by atoms with E-state index in [0.717, 1.165) is 37.9 Å².